The summed E-state index contributed by atoms with van der Waals surface area (Å²) in [5.74, 6) is -3.84. The van der Waals surface area contributed by atoms with E-state index in [4.69, 9.17) is 91.8 Å². The van der Waals surface area contributed by atoms with Gasteiger partial charge in [0.1, 0.15) is 39.2 Å². The van der Waals surface area contributed by atoms with E-state index in [1.54, 1.807) is 24.3 Å². The fraction of sp³-hybridized carbons (Fsp3) is 0.697. The Hall–Kier alpha value is -6.86. The van der Waals surface area contributed by atoms with Crippen molar-refractivity contribution in [1.29, 1.82) is 0 Å². The maximum absolute atomic E-state index is 11.4. The van der Waals surface area contributed by atoms with Gasteiger partial charge in [0.05, 0.1) is 157 Å². The third-order valence-electron chi connectivity index (χ3n) is 9.07. The third kappa shape index (κ3) is 133. The molecule has 0 aromatic heterocycles. The first-order valence-corrected chi connectivity index (χ1v) is 33.8. The van der Waals surface area contributed by atoms with Crippen LogP contribution in [0, 0.1) is 0 Å². The monoisotopic (exact) mass is 1520 g/mol. The highest BCUT2D eigenvalue weighted by Gasteiger charge is 2.20. The van der Waals surface area contributed by atoms with Crippen molar-refractivity contribution in [2.24, 2.45) is 0 Å². The van der Waals surface area contributed by atoms with E-state index >= 15 is 0 Å². The summed E-state index contributed by atoms with van der Waals surface area (Å²) in [7, 11) is 0. The lowest BCUT2D eigenvalue weighted by Gasteiger charge is -2.19. The predicted octanol–water partition coefficient (Wildman–Crippen LogP) is 10.3. The second-order valence-corrected chi connectivity index (χ2v) is 27.9. The Balaban J connectivity index is -0.000000132. The van der Waals surface area contributed by atoms with E-state index in [9.17, 15) is 43.2 Å². The van der Waals surface area contributed by atoms with Gasteiger partial charge in [0, 0.05) is 29.0 Å². The van der Waals surface area contributed by atoms with Gasteiger partial charge in [-0.15, -0.1) is 0 Å². The van der Waals surface area contributed by atoms with Gasteiger partial charge in [-0.25, -0.2) is 9.59 Å². The molecule has 0 rings (SSSR count). The van der Waals surface area contributed by atoms with Gasteiger partial charge < -0.3 is 91.8 Å². The first kappa shape index (κ1) is 120. The molecule has 106 heavy (non-hydrogen) atoms. The number of carboxylic acid groups (broad SMARTS) is 2. The molecule has 30 heteroatoms. The summed E-state index contributed by atoms with van der Waals surface area (Å²) in [6.07, 6.45) is 20.4. The number of rotatable bonds is 40. The zero-order valence-corrected chi connectivity index (χ0v) is 67.1. The number of esters is 7. The van der Waals surface area contributed by atoms with Gasteiger partial charge in [0.2, 0.25) is 0 Å². The summed E-state index contributed by atoms with van der Waals surface area (Å²) in [5.41, 5.74) is -3.09. The molecule has 0 amide bonds. The Bertz CT molecular complexity index is 2190. The lowest BCUT2D eigenvalue weighted by atomic mass is 10.2. The van der Waals surface area contributed by atoms with Crippen LogP contribution in [-0.2, 0) is 109 Å². The van der Waals surface area contributed by atoms with Crippen molar-refractivity contribution in [3.05, 3.63) is 86.1 Å². The number of aliphatic hydroxyl groups excluding tert-OH is 3. The Morgan fingerprint density at radius 3 is 0.528 bits per heavy atom. The summed E-state index contributed by atoms with van der Waals surface area (Å²) >= 11 is 0. The molecule has 0 atom stereocenters. The molecule has 28 nitrogen and oxygen atoms in total. The van der Waals surface area contributed by atoms with Crippen LogP contribution in [-0.4, -0.2) is 248 Å². The molecule has 0 aromatic carbocycles. The first-order chi connectivity index (χ1) is 47.4. The van der Waals surface area contributed by atoms with E-state index in [0.29, 0.717) is 79.3 Å². The number of hydrogen-bond donors (Lipinski definition) is 5. The summed E-state index contributed by atoms with van der Waals surface area (Å²) in [6.45, 7) is 49.6. The Labute approximate surface area is 638 Å². The number of carbonyl (C=O) groups is 9. The number of carboxylic acids is 2. The lowest BCUT2D eigenvalue weighted by molar-refractivity contribution is -0.157. The summed E-state index contributed by atoms with van der Waals surface area (Å²) in [4.78, 5) is 98.1. The van der Waals surface area contributed by atoms with Gasteiger partial charge in [-0.2, -0.15) is 0 Å². The van der Waals surface area contributed by atoms with Gasteiger partial charge in [-0.05, 0) is 145 Å². The van der Waals surface area contributed by atoms with Crippen LogP contribution in [0.4, 0.5) is 0 Å². The number of ether oxygens (including phenoxy) is 14. The van der Waals surface area contributed by atoms with Crippen molar-refractivity contribution in [2.45, 2.75) is 237 Å². The lowest BCUT2D eigenvalue weighted by Crippen LogP contribution is -2.24. The van der Waals surface area contributed by atoms with Crippen LogP contribution in [0.3, 0.4) is 0 Å². The Morgan fingerprint density at radius 2 is 0.406 bits per heavy atom. The Morgan fingerprint density at radius 1 is 0.264 bits per heavy atom. The van der Waals surface area contributed by atoms with Gasteiger partial charge in [0.25, 0.3) is 0 Å². The highest BCUT2D eigenvalue weighted by atomic mass is 16.6. The number of carbonyl (C=O) groups excluding carboxylic acids is 7. The second kappa shape index (κ2) is 73.6. The molecule has 614 valence electrons. The molecule has 0 aromatic rings. The van der Waals surface area contributed by atoms with Crippen LogP contribution in [0.2, 0.25) is 0 Å². The van der Waals surface area contributed by atoms with E-state index in [1.807, 2.05) is 170 Å². The van der Waals surface area contributed by atoms with Crippen molar-refractivity contribution < 1.29 is 135 Å². The molecule has 5 N–H and O–H groups in total. The zero-order valence-electron chi connectivity index (χ0n) is 67.1. The minimum absolute atomic E-state index is 0. The SMILES string of the molecule is C.C=CC(=O)OC(C)(C)C.C=CC(=O)OC(C)(C)C.CC(C)(C)OC(=O)CCOC/C=C\CO.CC(C)(C)OC(=O)CCOC/C=C\COCCC(=O)OC(C)(C)C.CC(C)(C)OC(=O)CCOC/C=C\COCCC(=O)OC(C)(C)C.O=C(O)CCOC/C=C\COCCC(=O)O.OC/C=C\CO.[B].[B]. The average molecular weight is 1520 g/mol. The van der Waals surface area contributed by atoms with Crippen LogP contribution in [0.5, 0.6) is 0 Å². The van der Waals surface area contributed by atoms with E-state index in [-0.39, 0.29) is 144 Å². The molecule has 0 bridgehead atoms. The van der Waals surface area contributed by atoms with Crippen LogP contribution in [0.1, 0.15) is 198 Å². The Kier molecular flexibility index (Phi) is 83.5. The molecule has 0 saturated carbocycles. The second-order valence-electron chi connectivity index (χ2n) is 27.9. The maximum atomic E-state index is 11.4. The number of aliphatic hydroxyl groups is 3. The molecule has 0 saturated heterocycles. The molecule has 6 radical (unpaired) electrons. The topological polar surface area (TPSA) is 384 Å². The van der Waals surface area contributed by atoms with Gasteiger partial charge in [-0.3, -0.25) is 33.6 Å². The number of hydrogen-bond acceptors (Lipinski definition) is 26. The van der Waals surface area contributed by atoms with E-state index in [1.165, 1.54) is 12.2 Å². The molecule has 0 fully saturated rings. The molecule has 0 aliphatic carbocycles. The smallest absolute Gasteiger partial charge is 0.330 e. The van der Waals surface area contributed by atoms with Crippen LogP contribution < -0.4 is 0 Å². The van der Waals surface area contributed by atoms with Crippen LogP contribution in [0.25, 0.3) is 0 Å². The fourth-order valence-corrected chi connectivity index (χ4v) is 5.51. The molecule has 0 aliphatic rings. The third-order valence-corrected chi connectivity index (χ3v) is 9.07. The quantitative estimate of drug-likeness (QED) is 0.00950. The summed E-state index contributed by atoms with van der Waals surface area (Å²) in [6, 6.07) is 0. The van der Waals surface area contributed by atoms with E-state index in [0.717, 1.165) is 12.2 Å². The van der Waals surface area contributed by atoms with Crippen molar-refractivity contribution in [3.8, 4) is 0 Å². The highest BCUT2D eigenvalue weighted by Crippen LogP contribution is 2.13. The standard InChI is InChI=1S/2C18H32O6.C11H20O4.C10H16O6.2C7H12O2.C4H8O2.CH4.2B/c2*1-17(2,3)23-15(19)9-13-21-11-7-8-12-22-14-10-16(20)24-18(4,5)6;1-11(2,3)15-10(13)6-9-14-8-5-4-7-12;11-9(12)3-7-15-5-1-2-6-16-8-4-10(13)14;2*1-5-6(8)9-7(2,3)4;5-3-1-2-4-6;;;/h2*7-8H,9-14H2,1-6H3;4-5,12H,6-9H2,1-3H3;1-2H,3-8H2,(H,11,12)(H,13,14);2*5H,1H2,2-4H3;1-2,5-6H,3-4H2;1H4;;/b2*8-7-;5-4-;2-1-;;;2-1-;;;. The minimum atomic E-state index is -0.888. The van der Waals surface area contributed by atoms with Gasteiger partial charge >= 0.3 is 53.7 Å². The highest BCUT2D eigenvalue weighted by molar-refractivity contribution is 5.82. The molecule has 0 heterocycles. The van der Waals surface area contributed by atoms with E-state index < -0.39 is 51.1 Å². The van der Waals surface area contributed by atoms with Crippen molar-refractivity contribution in [2.75, 3.05) is 112 Å². The van der Waals surface area contributed by atoms with Crippen molar-refractivity contribution >= 4 is 70.5 Å². The van der Waals surface area contributed by atoms with Crippen molar-refractivity contribution in [3.63, 3.8) is 0 Å². The molecule has 0 spiro atoms. The molecule has 0 aliphatic heterocycles. The molecular formula is C76H136B2O28. The fourth-order valence-electron chi connectivity index (χ4n) is 5.51. The zero-order chi connectivity index (χ0) is 81.1. The molecular weight excluding hydrogens is 1380 g/mol. The largest absolute Gasteiger partial charge is 0.481 e. The first-order valence-electron chi connectivity index (χ1n) is 33.8. The van der Waals surface area contributed by atoms with E-state index in [2.05, 4.69) is 13.2 Å². The van der Waals surface area contributed by atoms with Crippen LogP contribution >= 0.6 is 0 Å². The minimum Gasteiger partial charge on any atom is -0.481 e. The van der Waals surface area contributed by atoms with Crippen molar-refractivity contribution in [1.82, 2.24) is 0 Å². The normalized spacial score (nSPS) is 11.3. The van der Waals surface area contributed by atoms with Gasteiger partial charge in [0.15, 0.2) is 0 Å². The summed E-state index contributed by atoms with van der Waals surface area (Å²) < 4.78 is 71.7. The maximum Gasteiger partial charge on any atom is 0.330 e. The van der Waals surface area contributed by atoms with Gasteiger partial charge in [-0.1, -0.05) is 81.3 Å². The molecule has 0 unspecified atom stereocenters. The average Bonchev–Trinajstić information content (AvgIpc) is 1.05. The van der Waals surface area contributed by atoms with Crippen LogP contribution in [0.15, 0.2) is 86.1 Å². The number of aliphatic carboxylic acids is 2. The predicted molar refractivity (Wildman–Crippen MR) is 410 cm³/mol. The summed E-state index contributed by atoms with van der Waals surface area (Å²) in [5, 5.41) is 41.0.